The first-order chi connectivity index (χ1) is 30.0. The molecule has 3 heterocycles. The highest BCUT2D eigenvalue weighted by atomic mass is 31.2. The summed E-state index contributed by atoms with van der Waals surface area (Å²) in [5, 5.41) is 17.1. The van der Waals surface area contributed by atoms with Gasteiger partial charge in [-0.3, -0.25) is 23.7 Å². The standard InChI is InChI=1S/C48H53FN5O7P/c1-3-26-60-47(58)31(2)52-62(59,61-38-15-8-5-9-16-38)43(49)34-20-18-32-19-21-35(28-36(32)27-34)44(55)51-41-17-11-10-14-37-22-23-42(54(37)45(41)56)46(57)53-30-39(33-12-6-4-7-13-33)40(29-50)48(53)24-25-48/h4-9,12-13,15-16,18-21,27-28,31,37,39-43H,3,10-11,14,17,22-26,30H2,1-2H3,(H,51,55)(H,52,59)/t31-,37-,39+,40+,41-,42-,43?,62?/m0/s1. The normalized spacial score (nSPS) is 24.8. The molecular weight excluding hydrogens is 809 g/mol. The summed E-state index contributed by atoms with van der Waals surface area (Å²) in [6, 6.07) is 27.3. The van der Waals surface area contributed by atoms with Crippen molar-refractivity contribution in [3.8, 4) is 11.8 Å². The first kappa shape index (κ1) is 43.1. The summed E-state index contributed by atoms with van der Waals surface area (Å²) in [5.74, 6) is -4.09. The molecule has 4 aromatic carbocycles. The molecule has 0 radical (unpaired) electrons. The molecular formula is C48H53FN5O7P. The van der Waals surface area contributed by atoms with Crippen molar-refractivity contribution in [3.63, 3.8) is 0 Å². The number of alkyl halides is 1. The Morgan fingerprint density at radius 1 is 0.935 bits per heavy atom. The molecule has 324 valence electrons. The van der Waals surface area contributed by atoms with Crippen LogP contribution >= 0.6 is 7.52 Å². The van der Waals surface area contributed by atoms with Crippen LogP contribution < -0.4 is 14.9 Å². The second-order valence-electron chi connectivity index (χ2n) is 17.2. The van der Waals surface area contributed by atoms with E-state index in [2.05, 4.69) is 16.5 Å². The van der Waals surface area contributed by atoms with E-state index in [0.717, 1.165) is 37.7 Å². The van der Waals surface area contributed by atoms with E-state index in [1.165, 1.54) is 31.2 Å². The van der Waals surface area contributed by atoms with Gasteiger partial charge in [-0.15, -0.1) is 0 Å². The van der Waals surface area contributed by atoms with E-state index in [9.17, 15) is 29.0 Å². The maximum atomic E-state index is 16.7. The third-order valence-corrected chi connectivity index (χ3v) is 15.2. The summed E-state index contributed by atoms with van der Waals surface area (Å²) in [6.07, 6.45) is 6.07. The Hall–Kier alpha value is -5.57. The summed E-state index contributed by atoms with van der Waals surface area (Å²) in [7, 11) is -4.48. The molecule has 3 saturated heterocycles. The molecule has 14 heteroatoms. The molecule has 3 aliphatic heterocycles. The predicted molar refractivity (Wildman–Crippen MR) is 232 cm³/mol. The molecule has 1 aliphatic carbocycles. The molecule has 8 rings (SSSR count). The summed E-state index contributed by atoms with van der Waals surface area (Å²) >= 11 is 0. The number of benzene rings is 4. The monoisotopic (exact) mass is 861 g/mol. The Bertz CT molecular complexity index is 2410. The molecule has 2 N–H and O–H groups in total. The topological polar surface area (TPSA) is 158 Å². The van der Waals surface area contributed by atoms with Gasteiger partial charge in [0.1, 0.15) is 23.9 Å². The van der Waals surface area contributed by atoms with E-state index >= 15 is 4.39 Å². The number of nitriles is 1. The number of fused-ring (bicyclic) bond motifs is 2. The fourth-order valence-electron chi connectivity index (χ4n) is 9.76. The lowest BCUT2D eigenvalue weighted by Gasteiger charge is -2.37. The molecule has 0 aromatic heterocycles. The lowest BCUT2D eigenvalue weighted by atomic mass is 9.85. The Labute approximate surface area is 361 Å². The Balaban J connectivity index is 1.00. The van der Waals surface area contributed by atoms with Gasteiger partial charge in [-0.25, -0.2) is 9.48 Å². The smallest absolute Gasteiger partial charge is 0.355 e. The van der Waals surface area contributed by atoms with Gasteiger partial charge in [0.15, 0.2) is 0 Å². The molecule has 3 amide bonds. The average Bonchev–Trinajstić information content (AvgIpc) is 3.85. The maximum Gasteiger partial charge on any atom is 0.355 e. The van der Waals surface area contributed by atoms with Crippen molar-refractivity contribution in [2.24, 2.45) is 5.92 Å². The van der Waals surface area contributed by atoms with Crippen molar-refractivity contribution in [2.45, 2.75) is 113 Å². The minimum atomic E-state index is -4.48. The molecule has 12 nitrogen and oxygen atoms in total. The summed E-state index contributed by atoms with van der Waals surface area (Å²) in [6.45, 7) is 3.86. The third kappa shape index (κ3) is 8.47. The number of halogens is 1. The Kier molecular flexibility index (Phi) is 12.5. The number of nitrogens with one attached hydrogen (secondary N) is 2. The van der Waals surface area contributed by atoms with Crippen LogP contribution in [0.3, 0.4) is 0 Å². The number of rotatable bonds is 13. The van der Waals surface area contributed by atoms with Gasteiger partial charge in [-0.2, -0.15) is 5.26 Å². The number of para-hydroxylation sites is 1. The van der Waals surface area contributed by atoms with Crippen molar-refractivity contribution < 1.29 is 37.4 Å². The highest BCUT2D eigenvalue weighted by molar-refractivity contribution is 7.57. The molecule has 4 fully saturated rings. The molecule has 8 atom stereocenters. The van der Waals surface area contributed by atoms with Gasteiger partial charge < -0.3 is 24.4 Å². The number of esters is 1. The first-order valence-electron chi connectivity index (χ1n) is 21.8. The fourth-order valence-corrected chi connectivity index (χ4v) is 11.7. The van der Waals surface area contributed by atoms with Crippen LogP contribution in [0.5, 0.6) is 5.75 Å². The van der Waals surface area contributed by atoms with E-state index in [1.807, 2.05) is 42.2 Å². The number of carbonyl (C=O) groups is 4. The van der Waals surface area contributed by atoms with E-state index in [1.54, 1.807) is 47.4 Å². The Morgan fingerprint density at radius 3 is 2.35 bits per heavy atom. The highest BCUT2D eigenvalue weighted by Gasteiger charge is 2.64. The number of ether oxygens (including phenoxy) is 1. The van der Waals surface area contributed by atoms with Gasteiger partial charge in [-0.05, 0) is 104 Å². The van der Waals surface area contributed by atoms with E-state index < -0.39 is 49.0 Å². The number of likely N-dealkylation sites (tertiary alicyclic amines) is 1. The molecule has 62 heavy (non-hydrogen) atoms. The van der Waals surface area contributed by atoms with Gasteiger partial charge in [0.2, 0.25) is 17.7 Å². The highest BCUT2D eigenvalue weighted by Crippen LogP contribution is 2.59. The number of nitrogens with zero attached hydrogens (tertiary/aromatic N) is 3. The van der Waals surface area contributed by atoms with Crippen LogP contribution in [0.1, 0.15) is 105 Å². The van der Waals surface area contributed by atoms with Gasteiger partial charge >= 0.3 is 13.5 Å². The third-order valence-electron chi connectivity index (χ3n) is 13.1. The van der Waals surface area contributed by atoms with Crippen molar-refractivity contribution in [3.05, 3.63) is 114 Å². The maximum absolute atomic E-state index is 16.7. The number of amides is 3. The van der Waals surface area contributed by atoms with Crippen molar-refractivity contribution in [1.82, 2.24) is 20.2 Å². The minimum absolute atomic E-state index is 0.00379. The van der Waals surface area contributed by atoms with Crippen LogP contribution in [0.15, 0.2) is 97.1 Å². The molecule has 4 aromatic rings. The van der Waals surface area contributed by atoms with Crippen LogP contribution in [0.25, 0.3) is 10.8 Å². The zero-order chi connectivity index (χ0) is 43.6. The largest absolute Gasteiger partial charge is 0.465 e. The van der Waals surface area contributed by atoms with Gasteiger partial charge in [-0.1, -0.05) is 86.5 Å². The molecule has 0 bridgehead atoms. The lowest BCUT2D eigenvalue weighted by Crippen LogP contribution is -2.57. The first-order valence-corrected chi connectivity index (χ1v) is 23.5. The number of hydrogen-bond donors (Lipinski definition) is 2. The average molecular weight is 862 g/mol. The summed E-state index contributed by atoms with van der Waals surface area (Å²) < 4.78 is 42.0. The van der Waals surface area contributed by atoms with Gasteiger partial charge in [0.05, 0.1) is 24.1 Å². The molecule has 1 spiro atoms. The quantitative estimate of drug-likeness (QED) is 0.0996. The fraction of sp³-hybridized carbons (Fsp3) is 0.438. The second kappa shape index (κ2) is 18.0. The number of carbonyl (C=O) groups excluding carboxylic acids is 4. The lowest BCUT2D eigenvalue weighted by molar-refractivity contribution is -0.148. The van der Waals surface area contributed by atoms with Gasteiger partial charge in [0.25, 0.3) is 5.91 Å². The SMILES string of the molecule is CCCOC(=O)[C@H](C)NP(=O)(Oc1ccccc1)C(F)c1ccc2ccc(C(=O)N[C@H]3CCCC[C@H]4CC[C@@H](C(=O)N5C[C@H](c6ccccc6)[C@@H](C#N)C56CC6)N4C3=O)cc2c1. The molecule has 1 saturated carbocycles. The predicted octanol–water partition coefficient (Wildman–Crippen LogP) is 8.34. The molecule has 4 aliphatic rings. The van der Waals surface area contributed by atoms with Crippen molar-refractivity contribution in [1.29, 1.82) is 5.26 Å². The van der Waals surface area contributed by atoms with E-state index in [4.69, 9.17) is 9.26 Å². The second-order valence-corrected chi connectivity index (χ2v) is 19.2. The summed E-state index contributed by atoms with van der Waals surface area (Å²) in [5.41, 5.74) is 0.755. The van der Waals surface area contributed by atoms with Crippen LogP contribution in [-0.2, 0) is 23.7 Å². The van der Waals surface area contributed by atoms with E-state index in [0.29, 0.717) is 43.0 Å². The van der Waals surface area contributed by atoms with E-state index in [-0.39, 0.29) is 53.2 Å². The molecule has 2 unspecified atom stereocenters. The van der Waals surface area contributed by atoms with Crippen molar-refractivity contribution >= 4 is 42.0 Å². The zero-order valence-electron chi connectivity index (χ0n) is 35.1. The minimum Gasteiger partial charge on any atom is -0.465 e. The van der Waals surface area contributed by atoms with Crippen LogP contribution in [0.4, 0.5) is 4.39 Å². The van der Waals surface area contributed by atoms with Crippen LogP contribution in [0, 0.1) is 17.2 Å². The van der Waals surface area contributed by atoms with Crippen molar-refractivity contribution in [2.75, 3.05) is 13.2 Å². The summed E-state index contributed by atoms with van der Waals surface area (Å²) in [4.78, 5) is 59.5. The van der Waals surface area contributed by atoms with Gasteiger partial charge in [0, 0.05) is 24.1 Å². The van der Waals surface area contributed by atoms with Crippen LogP contribution in [-0.4, -0.2) is 76.3 Å². The zero-order valence-corrected chi connectivity index (χ0v) is 36.0. The van der Waals surface area contributed by atoms with Crippen LogP contribution in [0.2, 0.25) is 0 Å². The number of hydrogen-bond acceptors (Lipinski definition) is 8. The Morgan fingerprint density at radius 2 is 1.65 bits per heavy atom.